The molecule has 2 aromatic heterocycles. The number of benzene rings is 4. The van der Waals surface area contributed by atoms with Crippen molar-refractivity contribution >= 4 is 23.5 Å². The van der Waals surface area contributed by atoms with E-state index in [-0.39, 0.29) is 0 Å². The van der Waals surface area contributed by atoms with Crippen LogP contribution in [0.3, 0.4) is 0 Å². The monoisotopic (exact) mass is 535 g/mol. The molecule has 2 aliphatic heterocycles. The van der Waals surface area contributed by atoms with Crippen LogP contribution >= 0.6 is 23.5 Å². The molecular weight excluding hydrogens is 515 g/mol. The summed E-state index contributed by atoms with van der Waals surface area (Å²) in [6, 6.07) is 39.6. The van der Waals surface area contributed by atoms with E-state index in [1.807, 2.05) is 47.9 Å². The maximum absolute atomic E-state index is 4.65. The van der Waals surface area contributed by atoms with E-state index in [1.165, 1.54) is 41.8 Å². The summed E-state index contributed by atoms with van der Waals surface area (Å²) in [5.41, 5.74) is 8.98. The lowest BCUT2D eigenvalue weighted by Crippen LogP contribution is -2.36. The number of aromatic nitrogens is 3. The van der Waals surface area contributed by atoms with E-state index in [0.717, 1.165) is 22.5 Å². The second-order valence-corrected chi connectivity index (χ2v) is 11.8. The molecular formula is C34H21N3S2. The van der Waals surface area contributed by atoms with Gasteiger partial charge in [-0.05, 0) is 64.7 Å². The fourth-order valence-electron chi connectivity index (χ4n) is 5.99. The van der Waals surface area contributed by atoms with Crippen LogP contribution in [0.25, 0.3) is 22.5 Å². The first-order valence-electron chi connectivity index (χ1n) is 12.8. The van der Waals surface area contributed by atoms with Crippen LogP contribution in [0.1, 0.15) is 22.3 Å². The fraction of sp³-hybridized carbons (Fsp3) is 0.0294. The van der Waals surface area contributed by atoms with Gasteiger partial charge >= 0.3 is 0 Å². The lowest BCUT2D eigenvalue weighted by atomic mass is 9.64. The Morgan fingerprint density at radius 3 is 1.62 bits per heavy atom. The molecule has 3 nitrogen and oxygen atoms in total. The van der Waals surface area contributed by atoms with E-state index in [1.54, 1.807) is 12.5 Å². The third kappa shape index (κ3) is 3.43. The van der Waals surface area contributed by atoms with Crippen LogP contribution in [0, 0.1) is 0 Å². The van der Waals surface area contributed by atoms with Crippen molar-refractivity contribution in [1.29, 1.82) is 0 Å². The van der Waals surface area contributed by atoms with Crippen LogP contribution in [0.5, 0.6) is 0 Å². The Bertz CT molecular complexity index is 1730. The molecule has 0 bridgehead atoms. The van der Waals surface area contributed by atoms with Gasteiger partial charge in [-0.25, -0.2) is 9.97 Å². The Morgan fingerprint density at radius 1 is 0.462 bits per heavy atom. The van der Waals surface area contributed by atoms with Crippen molar-refractivity contribution in [2.75, 3.05) is 0 Å². The molecule has 4 aromatic carbocycles. The van der Waals surface area contributed by atoms with Crippen LogP contribution in [-0.2, 0) is 5.41 Å². The van der Waals surface area contributed by atoms with Gasteiger partial charge in [0.2, 0.25) is 0 Å². The summed E-state index contributed by atoms with van der Waals surface area (Å²) in [5, 5.41) is 0. The molecule has 6 aromatic rings. The highest BCUT2D eigenvalue weighted by Crippen LogP contribution is 2.62. The molecule has 0 saturated carbocycles. The summed E-state index contributed by atoms with van der Waals surface area (Å²) in [6.07, 6.45) is 5.27. The summed E-state index contributed by atoms with van der Waals surface area (Å²) in [4.78, 5) is 18.4. The summed E-state index contributed by atoms with van der Waals surface area (Å²) in [5.74, 6) is 0. The number of fused-ring (bicyclic) bond motifs is 8. The molecule has 0 N–H and O–H groups in total. The summed E-state index contributed by atoms with van der Waals surface area (Å²) >= 11 is 3.70. The number of hydrogen-bond acceptors (Lipinski definition) is 5. The van der Waals surface area contributed by atoms with Crippen molar-refractivity contribution in [2.45, 2.75) is 25.0 Å². The minimum Gasteiger partial charge on any atom is -0.256 e. The van der Waals surface area contributed by atoms with Crippen LogP contribution < -0.4 is 0 Å². The molecule has 1 spiro atoms. The third-order valence-corrected chi connectivity index (χ3v) is 9.90. The van der Waals surface area contributed by atoms with Crippen LogP contribution in [0.15, 0.2) is 147 Å². The molecule has 0 fully saturated rings. The van der Waals surface area contributed by atoms with Gasteiger partial charge in [0.15, 0.2) is 0 Å². The van der Waals surface area contributed by atoms with E-state index in [2.05, 4.69) is 106 Å². The molecule has 5 heteroatoms. The van der Waals surface area contributed by atoms with E-state index in [9.17, 15) is 0 Å². The van der Waals surface area contributed by atoms with Gasteiger partial charge in [-0.3, -0.25) is 4.98 Å². The van der Waals surface area contributed by atoms with Crippen molar-refractivity contribution in [3.05, 3.63) is 150 Å². The van der Waals surface area contributed by atoms with Crippen LogP contribution in [0.4, 0.5) is 0 Å². The topological polar surface area (TPSA) is 38.7 Å². The minimum absolute atomic E-state index is 0.429. The Balaban J connectivity index is 1.46. The second kappa shape index (κ2) is 8.94. The zero-order valence-corrected chi connectivity index (χ0v) is 22.4. The first-order chi connectivity index (χ1) is 19.3. The van der Waals surface area contributed by atoms with Gasteiger partial charge in [-0.1, -0.05) is 90.3 Å². The lowest BCUT2D eigenvalue weighted by Gasteiger charge is -2.45. The zero-order chi connectivity index (χ0) is 25.8. The Labute approximate surface area is 235 Å². The second-order valence-electron chi connectivity index (χ2n) is 9.68. The molecule has 0 aliphatic carbocycles. The molecule has 184 valence electrons. The quantitative estimate of drug-likeness (QED) is 0.222. The molecule has 0 radical (unpaired) electrons. The number of pyridine rings is 1. The van der Waals surface area contributed by atoms with Gasteiger partial charge in [0.05, 0.1) is 16.8 Å². The average Bonchev–Trinajstić information content (AvgIpc) is 3.01. The highest BCUT2D eigenvalue weighted by Gasteiger charge is 2.48. The average molecular weight is 536 g/mol. The first-order valence-corrected chi connectivity index (χ1v) is 14.5. The molecule has 0 saturated heterocycles. The molecule has 4 heterocycles. The maximum Gasteiger partial charge on any atom is 0.116 e. The van der Waals surface area contributed by atoms with Gasteiger partial charge in [-0.15, -0.1) is 0 Å². The van der Waals surface area contributed by atoms with Gasteiger partial charge in [0.25, 0.3) is 0 Å². The summed E-state index contributed by atoms with van der Waals surface area (Å²) in [6.45, 7) is 0. The van der Waals surface area contributed by atoms with Gasteiger partial charge in [-0.2, -0.15) is 0 Å². The molecule has 2 aliphatic rings. The van der Waals surface area contributed by atoms with Crippen LogP contribution in [0.2, 0.25) is 0 Å². The molecule has 0 amide bonds. The summed E-state index contributed by atoms with van der Waals surface area (Å²) in [7, 11) is 0. The molecule has 0 atom stereocenters. The lowest BCUT2D eigenvalue weighted by molar-refractivity contribution is 0.667. The third-order valence-electron chi connectivity index (χ3n) is 7.63. The maximum atomic E-state index is 4.65. The van der Waals surface area contributed by atoms with Crippen molar-refractivity contribution in [3.8, 4) is 22.5 Å². The smallest absolute Gasteiger partial charge is 0.116 e. The Kier molecular flexibility index (Phi) is 5.22. The van der Waals surface area contributed by atoms with Crippen LogP contribution in [-0.4, -0.2) is 15.0 Å². The predicted molar refractivity (Wildman–Crippen MR) is 157 cm³/mol. The van der Waals surface area contributed by atoms with E-state index < -0.39 is 5.41 Å². The normalized spacial score (nSPS) is 14.2. The molecule has 8 rings (SSSR count). The summed E-state index contributed by atoms with van der Waals surface area (Å²) < 4.78 is 0. The van der Waals surface area contributed by atoms with Gasteiger partial charge < -0.3 is 0 Å². The standard InChI is InChI=1S/C34H21N3S2/c1-3-10-30-24(7-1)34(25-8-2-4-11-31(25)38-30)26-14-12-22(28-9-5-6-17-36-28)19-32(26)39-33-20-23(13-15-27(33)34)29-16-18-35-21-37-29/h1-21H. The first kappa shape index (κ1) is 22.8. The van der Waals surface area contributed by atoms with E-state index in [0.29, 0.717) is 0 Å². The minimum atomic E-state index is -0.429. The molecule has 0 unspecified atom stereocenters. The van der Waals surface area contributed by atoms with E-state index >= 15 is 0 Å². The highest BCUT2D eigenvalue weighted by molar-refractivity contribution is 8.00. The molecule has 39 heavy (non-hydrogen) atoms. The largest absolute Gasteiger partial charge is 0.256 e. The number of hydrogen-bond donors (Lipinski definition) is 0. The van der Waals surface area contributed by atoms with Crippen molar-refractivity contribution in [1.82, 2.24) is 15.0 Å². The highest BCUT2D eigenvalue weighted by atomic mass is 32.2. The fourth-order valence-corrected chi connectivity index (χ4v) is 8.45. The number of rotatable bonds is 2. The number of nitrogens with zero attached hydrogens (tertiary/aromatic N) is 3. The SMILES string of the molecule is c1ccc(-c2ccc3c(c2)Sc2cc(-c4ccncn4)ccc2C32c3ccccc3Sc3ccccc32)nc1. The van der Waals surface area contributed by atoms with Crippen molar-refractivity contribution < 1.29 is 0 Å². The predicted octanol–water partition coefficient (Wildman–Crippen LogP) is 8.52. The van der Waals surface area contributed by atoms with Crippen molar-refractivity contribution in [2.24, 2.45) is 0 Å². The van der Waals surface area contributed by atoms with Gasteiger partial charge in [0.1, 0.15) is 6.33 Å². The zero-order valence-electron chi connectivity index (χ0n) is 20.8. The van der Waals surface area contributed by atoms with Crippen molar-refractivity contribution in [3.63, 3.8) is 0 Å². The van der Waals surface area contributed by atoms with Gasteiger partial charge in [0, 0.05) is 43.1 Å². The Hall–Kier alpha value is -4.19. The van der Waals surface area contributed by atoms with E-state index in [4.69, 9.17) is 0 Å². The Morgan fingerprint density at radius 2 is 1.03 bits per heavy atom.